The van der Waals surface area contributed by atoms with Crippen molar-refractivity contribution < 1.29 is 32.2 Å². The summed E-state index contributed by atoms with van der Waals surface area (Å²) in [5.74, 6) is 1.01. The minimum absolute atomic E-state index is 0.0107. The summed E-state index contributed by atoms with van der Waals surface area (Å²) < 4.78 is 45.8. The van der Waals surface area contributed by atoms with Crippen LogP contribution < -0.4 is 30.6 Å². The van der Waals surface area contributed by atoms with Crippen LogP contribution in [0.3, 0.4) is 0 Å². The summed E-state index contributed by atoms with van der Waals surface area (Å²) in [6, 6.07) is 6.00. The van der Waals surface area contributed by atoms with Crippen LogP contribution in [0.5, 0.6) is 17.2 Å². The minimum atomic E-state index is -2.98. The molecule has 1 amide bonds. The predicted octanol–water partition coefficient (Wildman–Crippen LogP) is 1.96. The number of hydrogen-bond donors (Lipinski definition) is 3. The molecule has 0 spiro atoms. The van der Waals surface area contributed by atoms with E-state index in [0.29, 0.717) is 35.3 Å². The third kappa shape index (κ3) is 5.27. The molecule has 29 heavy (non-hydrogen) atoms. The Morgan fingerprint density at radius 2 is 2.03 bits per heavy atom. The van der Waals surface area contributed by atoms with Crippen molar-refractivity contribution in [3.63, 3.8) is 0 Å². The van der Waals surface area contributed by atoms with Gasteiger partial charge in [-0.3, -0.25) is 4.79 Å². The smallest absolute Gasteiger partial charge is 0.387 e. The second-order valence-corrected chi connectivity index (χ2v) is 5.87. The van der Waals surface area contributed by atoms with E-state index in [2.05, 4.69) is 20.4 Å². The van der Waals surface area contributed by atoms with Crippen molar-refractivity contribution in [2.75, 3.05) is 13.3 Å². The maximum absolute atomic E-state index is 12.7. The summed E-state index contributed by atoms with van der Waals surface area (Å²) in [6.45, 7) is -0.252. The second-order valence-electron chi connectivity index (χ2n) is 5.87. The quantitative estimate of drug-likeness (QED) is 0.449. The molecule has 0 radical (unpaired) electrons. The van der Waals surface area contributed by atoms with Crippen LogP contribution in [0.1, 0.15) is 28.8 Å². The number of furan rings is 1. The van der Waals surface area contributed by atoms with Gasteiger partial charge in [0.1, 0.15) is 11.5 Å². The minimum Gasteiger partial charge on any atom is -0.454 e. The third-order valence-electron chi connectivity index (χ3n) is 3.86. The fourth-order valence-electron chi connectivity index (χ4n) is 2.58. The Balaban J connectivity index is 1.72. The first-order valence-electron chi connectivity index (χ1n) is 8.74. The molecule has 0 saturated heterocycles. The van der Waals surface area contributed by atoms with Gasteiger partial charge < -0.3 is 35.0 Å². The maximum atomic E-state index is 12.7. The predicted molar refractivity (Wildman–Crippen MR) is 98.1 cm³/mol. The van der Waals surface area contributed by atoms with E-state index in [1.165, 1.54) is 12.1 Å². The molecule has 156 valence electrons. The highest BCUT2D eigenvalue weighted by Gasteiger charge is 2.20. The Kier molecular flexibility index (Phi) is 6.37. The van der Waals surface area contributed by atoms with E-state index < -0.39 is 12.5 Å². The summed E-state index contributed by atoms with van der Waals surface area (Å²) >= 11 is 0. The lowest BCUT2D eigenvalue weighted by Gasteiger charge is -2.13. The van der Waals surface area contributed by atoms with Gasteiger partial charge in [-0.2, -0.15) is 8.78 Å². The van der Waals surface area contributed by atoms with Gasteiger partial charge in [-0.15, -0.1) is 0 Å². The molecule has 1 aliphatic rings. The first-order valence-corrected chi connectivity index (χ1v) is 8.74. The number of alkyl halides is 2. The molecule has 2 heterocycles. The van der Waals surface area contributed by atoms with E-state index in [9.17, 15) is 13.6 Å². The summed E-state index contributed by atoms with van der Waals surface area (Å²) in [7, 11) is 0. The molecule has 0 fully saturated rings. The first kappa shape index (κ1) is 20.2. The van der Waals surface area contributed by atoms with Crippen LogP contribution in [-0.2, 0) is 13.1 Å². The third-order valence-corrected chi connectivity index (χ3v) is 3.86. The molecular formula is C18H20F2N4O5. The van der Waals surface area contributed by atoms with Crippen molar-refractivity contribution in [1.82, 2.24) is 10.6 Å². The zero-order valence-electron chi connectivity index (χ0n) is 15.5. The highest BCUT2D eigenvalue weighted by molar-refractivity contribution is 5.89. The fraction of sp³-hybridized carbons (Fsp3) is 0.333. The number of aliphatic imine (C=N–C) groups is 1. The molecule has 11 heteroatoms. The van der Waals surface area contributed by atoms with Gasteiger partial charge in [0.05, 0.1) is 13.1 Å². The van der Waals surface area contributed by atoms with E-state index in [-0.39, 0.29) is 31.4 Å². The average Bonchev–Trinajstić information content (AvgIpc) is 3.32. The van der Waals surface area contributed by atoms with Crippen molar-refractivity contribution in [2.24, 2.45) is 10.7 Å². The Morgan fingerprint density at radius 1 is 1.28 bits per heavy atom. The number of amides is 1. The van der Waals surface area contributed by atoms with Gasteiger partial charge in [0.25, 0.3) is 5.91 Å². The van der Waals surface area contributed by atoms with Gasteiger partial charge in [0.15, 0.2) is 23.2 Å². The summed E-state index contributed by atoms with van der Waals surface area (Å²) in [5, 5.41) is 6.05. The van der Waals surface area contributed by atoms with Gasteiger partial charge in [0, 0.05) is 18.2 Å². The van der Waals surface area contributed by atoms with Crippen molar-refractivity contribution in [1.29, 1.82) is 0 Å². The van der Waals surface area contributed by atoms with Crippen LogP contribution in [0, 0.1) is 0 Å². The first-order chi connectivity index (χ1) is 14.0. The van der Waals surface area contributed by atoms with Gasteiger partial charge >= 0.3 is 6.61 Å². The van der Waals surface area contributed by atoms with E-state index >= 15 is 0 Å². The SMILES string of the molecule is CCNC(=NCc1cc2c(cc1OC(F)F)OCO2)NCc1ccc(C(N)=O)o1. The Hall–Kier alpha value is -3.50. The lowest BCUT2D eigenvalue weighted by molar-refractivity contribution is -0.0505. The Labute approximate surface area is 164 Å². The van der Waals surface area contributed by atoms with Crippen LogP contribution in [0.2, 0.25) is 0 Å². The average molecular weight is 410 g/mol. The highest BCUT2D eigenvalue weighted by atomic mass is 19.3. The Bertz CT molecular complexity index is 900. The topological polar surface area (TPSA) is 120 Å². The van der Waals surface area contributed by atoms with Gasteiger partial charge in [-0.1, -0.05) is 0 Å². The molecule has 0 bridgehead atoms. The molecule has 1 aromatic heterocycles. The molecule has 1 aromatic carbocycles. The number of benzene rings is 1. The second kappa shape index (κ2) is 9.13. The van der Waals surface area contributed by atoms with E-state index in [0.717, 1.165) is 0 Å². The van der Waals surface area contributed by atoms with Gasteiger partial charge in [0.2, 0.25) is 6.79 Å². The summed E-state index contributed by atoms with van der Waals surface area (Å²) in [4.78, 5) is 15.5. The summed E-state index contributed by atoms with van der Waals surface area (Å²) in [5.41, 5.74) is 5.56. The molecule has 4 N–H and O–H groups in total. The highest BCUT2D eigenvalue weighted by Crippen LogP contribution is 2.39. The maximum Gasteiger partial charge on any atom is 0.387 e. The number of nitrogens with two attached hydrogens (primary N) is 1. The normalized spacial score (nSPS) is 12.9. The molecular weight excluding hydrogens is 390 g/mol. The molecule has 0 unspecified atom stereocenters. The molecule has 0 saturated carbocycles. The number of halogens is 2. The largest absolute Gasteiger partial charge is 0.454 e. The number of hydrogen-bond acceptors (Lipinski definition) is 6. The number of nitrogens with zero attached hydrogens (tertiary/aromatic N) is 1. The lowest BCUT2D eigenvalue weighted by atomic mass is 10.1. The number of rotatable bonds is 8. The number of primary amides is 1. The molecule has 3 rings (SSSR count). The van der Waals surface area contributed by atoms with E-state index in [1.807, 2.05) is 6.92 Å². The molecule has 2 aromatic rings. The number of carbonyl (C=O) groups is 1. The van der Waals surface area contributed by atoms with Crippen molar-refractivity contribution in [2.45, 2.75) is 26.6 Å². The monoisotopic (exact) mass is 410 g/mol. The van der Waals surface area contributed by atoms with Crippen molar-refractivity contribution >= 4 is 11.9 Å². The number of guanidine groups is 1. The number of fused-ring (bicyclic) bond motifs is 1. The molecule has 9 nitrogen and oxygen atoms in total. The Morgan fingerprint density at radius 3 is 2.69 bits per heavy atom. The zero-order valence-corrected chi connectivity index (χ0v) is 15.5. The van der Waals surface area contributed by atoms with Gasteiger partial charge in [-0.25, -0.2) is 4.99 Å². The number of carbonyl (C=O) groups excluding carboxylic acids is 1. The van der Waals surface area contributed by atoms with Crippen molar-refractivity contribution in [3.8, 4) is 17.2 Å². The van der Waals surface area contributed by atoms with Crippen LogP contribution in [0.4, 0.5) is 8.78 Å². The van der Waals surface area contributed by atoms with Crippen molar-refractivity contribution in [3.05, 3.63) is 41.3 Å². The summed E-state index contributed by atoms with van der Waals surface area (Å²) in [6.07, 6.45) is 0. The molecule has 0 aliphatic carbocycles. The van der Waals surface area contributed by atoms with E-state index in [1.54, 1.807) is 12.1 Å². The number of nitrogens with one attached hydrogen (secondary N) is 2. The van der Waals surface area contributed by atoms with Crippen LogP contribution >= 0.6 is 0 Å². The van der Waals surface area contributed by atoms with Crippen LogP contribution in [0.25, 0.3) is 0 Å². The molecule has 0 atom stereocenters. The van der Waals surface area contributed by atoms with Gasteiger partial charge in [-0.05, 0) is 25.1 Å². The lowest BCUT2D eigenvalue weighted by Crippen LogP contribution is -2.36. The van der Waals surface area contributed by atoms with Crippen LogP contribution in [-0.4, -0.2) is 31.8 Å². The fourth-order valence-corrected chi connectivity index (χ4v) is 2.58. The number of ether oxygens (including phenoxy) is 3. The molecule has 1 aliphatic heterocycles. The zero-order chi connectivity index (χ0) is 20.8. The van der Waals surface area contributed by atoms with E-state index in [4.69, 9.17) is 19.6 Å². The standard InChI is InChI=1S/C18H20F2N4O5/c1-2-22-18(24-8-11-3-4-12(28-11)16(21)25)23-7-10-5-14-15(27-9-26-14)6-13(10)29-17(19)20/h3-6,17H,2,7-9H2,1H3,(H2,21,25)(H2,22,23,24). The van der Waals surface area contributed by atoms with Crippen LogP contribution in [0.15, 0.2) is 33.7 Å².